The zero-order chi connectivity index (χ0) is 9.47. The maximum atomic E-state index is 10.9. The second-order valence-corrected chi connectivity index (χ2v) is 4.36. The van der Waals surface area contributed by atoms with Gasteiger partial charge in [-0.2, -0.15) is 0 Å². The van der Waals surface area contributed by atoms with E-state index in [-0.39, 0.29) is 11.6 Å². The first-order valence-electron chi connectivity index (χ1n) is 5.07. The van der Waals surface area contributed by atoms with Gasteiger partial charge in [0.05, 0.1) is 0 Å². The van der Waals surface area contributed by atoms with E-state index in [2.05, 4.69) is 0 Å². The molecular formula is C10H17NO2. The summed E-state index contributed by atoms with van der Waals surface area (Å²) in [6.07, 6.45) is 4.76. The number of carbonyl (C=O) groups excluding carboxylic acids is 1. The highest BCUT2D eigenvalue weighted by molar-refractivity contribution is 5.66. The lowest BCUT2D eigenvalue weighted by Gasteiger charge is -2.50. The molecule has 0 spiro atoms. The SMILES string of the molecule is CC(=O)O[C@@]1(CN)C[C@H]2CCC[C@H]21. The number of hydrogen-bond donors (Lipinski definition) is 1. The Morgan fingerprint density at radius 1 is 1.62 bits per heavy atom. The van der Waals surface area contributed by atoms with Gasteiger partial charge in [-0.1, -0.05) is 6.42 Å². The molecule has 2 aliphatic rings. The van der Waals surface area contributed by atoms with Gasteiger partial charge in [-0.05, 0) is 25.2 Å². The number of hydrogen-bond acceptors (Lipinski definition) is 3. The van der Waals surface area contributed by atoms with Gasteiger partial charge in [-0.25, -0.2) is 0 Å². The van der Waals surface area contributed by atoms with Crippen LogP contribution in [0, 0.1) is 11.8 Å². The third-order valence-electron chi connectivity index (χ3n) is 3.64. The molecule has 3 heteroatoms. The molecule has 2 fully saturated rings. The maximum Gasteiger partial charge on any atom is 0.303 e. The van der Waals surface area contributed by atoms with Crippen molar-refractivity contribution in [3.05, 3.63) is 0 Å². The van der Waals surface area contributed by atoms with Gasteiger partial charge in [-0.3, -0.25) is 4.79 Å². The Bertz CT molecular complexity index is 229. The van der Waals surface area contributed by atoms with Gasteiger partial charge < -0.3 is 10.5 Å². The molecule has 0 aromatic rings. The number of fused-ring (bicyclic) bond motifs is 1. The Morgan fingerprint density at radius 2 is 2.38 bits per heavy atom. The van der Waals surface area contributed by atoms with Crippen molar-refractivity contribution in [3.63, 3.8) is 0 Å². The lowest BCUT2D eigenvalue weighted by Crippen LogP contribution is -2.58. The Balaban J connectivity index is 2.05. The summed E-state index contributed by atoms with van der Waals surface area (Å²) in [6.45, 7) is 1.97. The first-order valence-corrected chi connectivity index (χ1v) is 5.07. The summed E-state index contributed by atoms with van der Waals surface area (Å²) < 4.78 is 5.37. The zero-order valence-electron chi connectivity index (χ0n) is 8.08. The highest BCUT2D eigenvalue weighted by Gasteiger charge is 2.57. The summed E-state index contributed by atoms with van der Waals surface area (Å²) in [6, 6.07) is 0. The van der Waals surface area contributed by atoms with Gasteiger partial charge in [0, 0.05) is 19.4 Å². The van der Waals surface area contributed by atoms with Crippen molar-refractivity contribution in [2.45, 2.75) is 38.2 Å². The summed E-state index contributed by atoms with van der Waals surface area (Å²) in [7, 11) is 0. The molecule has 2 rings (SSSR count). The van der Waals surface area contributed by atoms with Crippen LogP contribution in [0.2, 0.25) is 0 Å². The summed E-state index contributed by atoms with van der Waals surface area (Å²) in [5.74, 6) is 1.15. The van der Waals surface area contributed by atoms with Crippen LogP contribution in [0.15, 0.2) is 0 Å². The topological polar surface area (TPSA) is 52.3 Å². The van der Waals surface area contributed by atoms with E-state index in [1.54, 1.807) is 0 Å². The minimum atomic E-state index is -0.285. The van der Waals surface area contributed by atoms with Gasteiger partial charge in [0.1, 0.15) is 5.60 Å². The van der Waals surface area contributed by atoms with Crippen LogP contribution >= 0.6 is 0 Å². The highest BCUT2D eigenvalue weighted by Crippen LogP contribution is 2.55. The first-order chi connectivity index (χ1) is 6.18. The number of esters is 1. The fraction of sp³-hybridized carbons (Fsp3) is 0.900. The predicted molar refractivity (Wildman–Crippen MR) is 49.0 cm³/mol. The minimum absolute atomic E-state index is 0.184. The molecule has 13 heavy (non-hydrogen) atoms. The smallest absolute Gasteiger partial charge is 0.303 e. The highest BCUT2D eigenvalue weighted by atomic mass is 16.6. The van der Waals surface area contributed by atoms with E-state index >= 15 is 0 Å². The first kappa shape index (κ1) is 9.00. The van der Waals surface area contributed by atoms with Crippen molar-refractivity contribution < 1.29 is 9.53 Å². The van der Waals surface area contributed by atoms with E-state index in [9.17, 15) is 4.79 Å². The number of nitrogens with two attached hydrogens (primary N) is 1. The number of rotatable bonds is 2. The normalized spacial score (nSPS) is 42.3. The van der Waals surface area contributed by atoms with Gasteiger partial charge in [-0.15, -0.1) is 0 Å². The van der Waals surface area contributed by atoms with E-state index in [1.165, 1.54) is 26.2 Å². The molecule has 3 atom stereocenters. The summed E-state index contributed by atoms with van der Waals surface area (Å²) >= 11 is 0. The number of carbonyl (C=O) groups is 1. The van der Waals surface area contributed by atoms with E-state index in [4.69, 9.17) is 10.5 Å². The van der Waals surface area contributed by atoms with Crippen LogP contribution < -0.4 is 5.73 Å². The summed E-state index contributed by atoms with van der Waals surface area (Å²) in [5, 5.41) is 0. The Hall–Kier alpha value is -0.570. The average molecular weight is 183 g/mol. The molecule has 0 bridgehead atoms. The second-order valence-electron chi connectivity index (χ2n) is 4.36. The lowest BCUT2D eigenvalue weighted by atomic mass is 9.63. The third kappa shape index (κ3) is 1.26. The van der Waals surface area contributed by atoms with Crippen LogP contribution in [-0.2, 0) is 9.53 Å². The minimum Gasteiger partial charge on any atom is -0.458 e. The standard InChI is InChI=1S/C10H17NO2/c1-7(12)13-10(6-11)5-8-3-2-4-9(8)10/h8-9H,2-6,11H2,1H3/t8-,9-,10-/m1/s1. The largest absolute Gasteiger partial charge is 0.458 e. The van der Waals surface area contributed by atoms with Crippen LogP contribution in [0.1, 0.15) is 32.6 Å². The molecule has 0 aromatic heterocycles. The van der Waals surface area contributed by atoms with Crippen molar-refractivity contribution >= 4 is 5.97 Å². The molecule has 3 nitrogen and oxygen atoms in total. The average Bonchev–Trinajstić information content (AvgIpc) is 2.43. The van der Waals surface area contributed by atoms with Gasteiger partial charge in [0.25, 0.3) is 0 Å². The van der Waals surface area contributed by atoms with E-state index in [0.717, 1.165) is 12.3 Å². The van der Waals surface area contributed by atoms with E-state index < -0.39 is 0 Å². The molecule has 0 heterocycles. The second kappa shape index (κ2) is 2.98. The Labute approximate surface area is 78.6 Å². The molecule has 2 N–H and O–H groups in total. The Morgan fingerprint density at radius 3 is 2.92 bits per heavy atom. The van der Waals surface area contributed by atoms with Crippen LogP contribution in [-0.4, -0.2) is 18.1 Å². The summed E-state index contributed by atoms with van der Waals surface area (Å²) in [4.78, 5) is 10.9. The molecule has 0 radical (unpaired) electrons. The van der Waals surface area contributed by atoms with Crippen LogP contribution in [0.25, 0.3) is 0 Å². The van der Waals surface area contributed by atoms with Crippen molar-refractivity contribution in [2.24, 2.45) is 17.6 Å². The van der Waals surface area contributed by atoms with Gasteiger partial charge in [0.15, 0.2) is 0 Å². The molecule has 0 aliphatic heterocycles. The third-order valence-corrected chi connectivity index (χ3v) is 3.64. The molecule has 2 saturated carbocycles. The zero-order valence-corrected chi connectivity index (χ0v) is 8.08. The molecule has 0 amide bonds. The van der Waals surface area contributed by atoms with Gasteiger partial charge in [0.2, 0.25) is 0 Å². The van der Waals surface area contributed by atoms with Crippen molar-refractivity contribution in [3.8, 4) is 0 Å². The Kier molecular flexibility index (Phi) is 2.06. The molecule has 2 aliphatic carbocycles. The quantitative estimate of drug-likeness (QED) is 0.651. The maximum absolute atomic E-state index is 10.9. The predicted octanol–water partition coefficient (Wildman–Crippen LogP) is 1.07. The van der Waals surface area contributed by atoms with Crippen molar-refractivity contribution in [1.82, 2.24) is 0 Å². The van der Waals surface area contributed by atoms with Crippen LogP contribution in [0.5, 0.6) is 0 Å². The van der Waals surface area contributed by atoms with Crippen molar-refractivity contribution in [1.29, 1.82) is 0 Å². The fourth-order valence-corrected chi connectivity index (χ4v) is 3.09. The van der Waals surface area contributed by atoms with Gasteiger partial charge >= 0.3 is 5.97 Å². The molecule has 0 aromatic carbocycles. The molecule has 0 unspecified atom stereocenters. The van der Waals surface area contributed by atoms with E-state index in [0.29, 0.717) is 12.5 Å². The lowest BCUT2D eigenvalue weighted by molar-refractivity contribution is -0.186. The van der Waals surface area contributed by atoms with Crippen LogP contribution in [0.4, 0.5) is 0 Å². The van der Waals surface area contributed by atoms with Crippen molar-refractivity contribution in [2.75, 3.05) is 6.54 Å². The summed E-state index contributed by atoms with van der Waals surface area (Å²) in [5.41, 5.74) is 5.41. The molecule has 74 valence electrons. The molecule has 0 saturated heterocycles. The number of ether oxygens (including phenoxy) is 1. The molecular weight excluding hydrogens is 166 g/mol. The van der Waals surface area contributed by atoms with Crippen LogP contribution in [0.3, 0.4) is 0 Å². The monoisotopic (exact) mass is 183 g/mol. The van der Waals surface area contributed by atoms with E-state index in [1.807, 2.05) is 0 Å². The fourth-order valence-electron chi connectivity index (χ4n) is 3.09.